The van der Waals surface area contributed by atoms with Crippen LogP contribution in [0.2, 0.25) is 0 Å². The minimum atomic E-state index is -1.99. The molecule has 2 aliphatic rings. The Morgan fingerprint density at radius 1 is 0.795 bits per heavy atom. The fraction of sp³-hybridized carbons (Fsp3) is 0.407. The summed E-state index contributed by atoms with van der Waals surface area (Å²) in [5.41, 5.74) is -1.26. The number of phenols is 2. The quantitative estimate of drug-likeness (QED) is 0.128. The average molecular weight is 625 g/mol. The molecule has 0 spiro atoms. The fourth-order valence-electron chi connectivity index (χ4n) is 4.80. The van der Waals surface area contributed by atoms with E-state index in [2.05, 4.69) is 0 Å². The van der Waals surface area contributed by atoms with Gasteiger partial charge in [0.1, 0.15) is 70.9 Å². The van der Waals surface area contributed by atoms with Gasteiger partial charge < -0.3 is 74.4 Å². The Hall–Kier alpha value is -4.04. The first-order chi connectivity index (χ1) is 20.8. The van der Waals surface area contributed by atoms with Crippen LogP contribution in [0.5, 0.6) is 23.0 Å². The molecule has 2 aliphatic heterocycles. The van der Waals surface area contributed by atoms with Crippen LogP contribution in [0.4, 0.5) is 0 Å². The van der Waals surface area contributed by atoms with E-state index in [9.17, 15) is 60.7 Å². The highest BCUT2D eigenvalue weighted by molar-refractivity contribution is 5.88. The molecule has 238 valence electrons. The van der Waals surface area contributed by atoms with Crippen LogP contribution in [0.25, 0.3) is 22.3 Å². The SMILES string of the molecule is O=C(O)[C@H]1O[C@@H](Oc2cc(O)c3c(=O)c(O[C@@H]4O[C@H](CO)[C@@H](O)[C@H](O)[C@H]4O)c(-c4ccc(O)cc4)oc3c2)[C@H](O)[C@@H](O)[C@@H]1O. The highest BCUT2D eigenvalue weighted by atomic mass is 16.7. The molecular formula is C27H28O17. The molecule has 2 fully saturated rings. The summed E-state index contributed by atoms with van der Waals surface area (Å²) in [6.45, 7) is -0.784. The van der Waals surface area contributed by atoms with E-state index in [-0.39, 0.29) is 28.4 Å². The lowest BCUT2D eigenvalue weighted by Gasteiger charge is -2.39. The molecule has 1 aromatic heterocycles. The van der Waals surface area contributed by atoms with Crippen molar-refractivity contribution in [3.05, 3.63) is 46.6 Å². The monoisotopic (exact) mass is 624 g/mol. The maximum absolute atomic E-state index is 13.7. The molecule has 17 nitrogen and oxygen atoms in total. The number of aliphatic hydroxyl groups excluding tert-OH is 7. The molecule has 0 saturated carbocycles. The van der Waals surface area contributed by atoms with Gasteiger partial charge in [0.25, 0.3) is 0 Å². The van der Waals surface area contributed by atoms with Crippen LogP contribution in [0.3, 0.4) is 0 Å². The number of hydrogen-bond donors (Lipinski definition) is 10. The third-order valence-corrected chi connectivity index (χ3v) is 7.18. The van der Waals surface area contributed by atoms with E-state index in [1.165, 1.54) is 24.3 Å². The zero-order chi connectivity index (χ0) is 32.0. The third kappa shape index (κ3) is 5.63. The molecule has 0 aliphatic carbocycles. The van der Waals surface area contributed by atoms with Gasteiger partial charge >= 0.3 is 5.97 Å². The molecule has 10 N–H and O–H groups in total. The summed E-state index contributed by atoms with van der Waals surface area (Å²) in [5.74, 6) is -3.91. The Morgan fingerprint density at radius 2 is 1.41 bits per heavy atom. The van der Waals surface area contributed by atoms with E-state index >= 15 is 0 Å². The number of rotatable bonds is 7. The van der Waals surface area contributed by atoms with Crippen LogP contribution in [0, 0.1) is 0 Å². The van der Waals surface area contributed by atoms with Gasteiger partial charge in [-0.25, -0.2) is 4.79 Å². The number of carboxylic acid groups (broad SMARTS) is 1. The molecule has 44 heavy (non-hydrogen) atoms. The molecule has 2 saturated heterocycles. The summed E-state index contributed by atoms with van der Waals surface area (Å²) in [6, 6.07) is 7.07. The van der Waals surface area contributed by atoms with E-state index in [0.717, 1.165) is 12.1 Å². The second-order valence-corrected chi connectivity index (χ2v) is 10.1. The minimum absolute atomic E-state index is 0.125. The lowest BCUT2D eigenvalue weighted by molar-refractivity contribution is -0.277. The zero-order valence-electron chi connectivity index (χ0n) is 22.3. The number of carboxylic acids is 1. The van der Waals surface area contributed by atoms with Crippen LogP contribution < -0.4 is 14.9 Å². The Morgan fingerprint density at radius 3 is 2.02 bits per heavy atom. The number of aromatic hydroxyl groups is 2. The molecule has 10 atom stereocenters. The van der Waals surface area contributed by atoms with Crippen molar-refractivity contribution in [1.82, 2.24) is 0 Å². The van der Waals surface area contributed by atoms with Gasteiger partial charge in [-0.1, -0.05) is 0 Å². The third-order valence-electron chi connectivity index (χ3n) is 7.18. The maximum Gasteiger partial charge on any atom is 0.335 e. The summed E-state index contributed by atoms with van der Waals surface area (Å²) in [6.07, 6.45) is -18.4. The first-order valence-electron chi connectivity index (χ1n) is 13.0. The predicted octanol–water partition coefficient (Wildman–Crippen LogP) is -2.68. The summed E-state index contributed by atoms with van der Waals surface area (Å²) >= 11 is 0. The number of fused-ring (bicyclic) bond motifs is 1. The van der Waals surface area contributed by atoms with Crippen molar-refractivity contribution in [2.24, 2.45) is 0 Å². The Labute approximate surface area is 245 Å². The van der Waals surface area contributed by atoms with E-state index < -0.39 is 96.3 Å². The van der Waals surface area contributed by atoms with Gasteiger partial charge in [0.2, 0.25) is 23.8 Å². The van der Waals surface area contributed by atoms with Crippen LogP contribution in [-0.4, -0.2) is 125 Å². The molecule has 3 aromatic rings. The molecule has 0 unspecified atom stereocenters. The predicted molar refractivity (Wildman–Crippen MR) is 141 cm³/mol. The van der Waals surface area contributed by atoms with E-state index in [0.29, 0.717) is 0 Å². The molecule has 0 bridgehead atoms. The highest BCUT2D eigenvalue weighted by Crippen LogP contribution is 2.38. The first kappa shape index (κ1) is 31.4. The number of carbonyl (C=O) groups is 1. The largest absolute Gasteiger partial charge is 0.508 e. The van der Waals surface area contributed by atoms with Crippen molar-refractivity contribution in [2.45, 2.75) is 61.4 Å². The van der Waals surface area contributed by atoms with E-state index in [4.69, 9.17) is 23.4 Å². The second kappa shape index (κ2) is 12.2. The van der Waals surface area contributed by atoms with Crippen LogP contribution in [0.1, 0.15) is 0 Å². The van der Waals surface area contributed by atoms with Crippen molar-refractivity contribution in [1.29, 1.82) is 0 Å². The molecule has 17 heteroatoms. The number of phenolic OH excluding ortho intramolecular Hbond substituents is 2. The fourth-order valence-corrected chi connectivity index (χ4v) is 4.80. The number of aliphatic carboxylic acids is 1. The number of benzene rings is 2. The van der Waals surface area contributed by atoms with Crippen molar-refractivity contribution < 1.29 is 79.2 Å². The molecule has 0 radical (unpaired) electrons. The number of aliphatic hydroxyl groups is 7. The summed E-state index contributed by atoms with van der Waals surface area (Å²) < 4.78 is 27.4. The van der Waals surface area contributed by atoms with Crippen LogP contribution >= 0.6 is 0 Å². The Bertz CT molecular complexity index is 1570. The first-order valence-corrected chi connectivity index (χ1v) is 13.0. The highest BCUT2D eigenvalue weighted by Gasteiger charge is 2.48. The number of hydrogen-bond acceptors (Lipinski definition) is 16. The second-order valence-electron chi connectivity index (χ2n) is 10.1. The lowest BCUT2D eigenvalue weighted by Crippen LogP contribution is -2.61. The van der Waals surface area contributed by atoms with Crippen molar-refractivity contribution >= 4 is 16.9 Å². The minimum Gasteiger partial charge on any atom is -0.508 e. The Kier molecular flexibility index (Phi) is 8.67. The van der Waals surface area contributed by atoms with Gasteiger partial charge in [0.15, 0.2) is 11.9 Å². The van der Waals surface area contributed by atoms with Gasteiger partial charge in [0.05, 0.1) is 6.61 Å². The van der Waals surface area contributed by atoms with Gasteiger partial charge in [-0.15, -0.1) is 0 Å². The summed E-state index contributed by atoms with van der Waals surface area (Å²) in [4.78, 5) is 25.1. The molecular weight excluding hydrogens is 596 g/mol. The molecule has 2 aromatic carbocycles. The smallest absolute Gasteiger partial charge is 0.335 e. The average Bonchev–Trinajstić information content (AvgIpc) is 2.98. The standard InChI is InChI=1S/C27H28O17/c28-7-13-15(31)17(33)20(36)27(42-13)43-23-16(32)14-11(30)5-10(6-12(14)41-22(23)8-1-3-9(29)4-2-8)40-26-21(37)18(34)19(35)24(44-26)25(38)39/h1-6,13,15,17-21,24,26-31,33-37H,7H2,(H,38,39)/t13-,15-,17+,18+,19+,20-,21-,24+,26-,27+/m1/s1. The molecule has 5 rings (SSSR count). The van der Waals surface area contributed by atoms with E-state index in [1.54, 1.807) is 0 Å². The van der Waals surface area contributed by atoms with Gasteiger partial charge in [-0.2, -0.15) is 0 Å². The van der Waals surface area contributed by atoms with Crippen molar-refractivity contribution in [3.8, 4) is 34.3 Å². The van der Waals surface area contributed by atoms with E-state index in [1.807, 2.05) is 0 Å². The summed E-state index contributed by atoms with van der Waals surface area (Å²) in [7, 11) is 0. The maximum atomic E-state index is 13.7. The van der Waals surface area contributed by atoms with Gasteiger partial charge in [-0.05, 0) is 24.3 Å². The molecule has 0 amide bonds. The lowest BCUT2D eigenvalue weighted by atomic mass is 9.99. The van der Waals surface area contributed by atoms with Crippen molar-refractivity contribution in [3.63, 3.8) is 0 Å². The zero-order valence-corrected chi connectivity index (χ0v) is 22.3. The molecule has 3 heterocycles. The summed E-state index contributed by atoms with van der Waals surface area (Å²) in [5, 5.41) is 99.8. The van der Waals surface area contributed by atoms with Gasteiger partial charge in [0, 0.05) is 17.7 Å². The van der Waals surface area contributed by atoms with Gasteiger partial charge in [-0.3, -0.25) is 4.79 Å². The number of ether oxygens (including phenoxy) is 4. The normalized spacial score (nSPS) is 32.3. The topological polar surface area (TPSA) is 286 Å². The van der Waals surface area contributed by atoms with Crippen molar-refractivity contribution in [2.75, 3.05) is 6.61 Å². The Balaban J connectivity index is 1.58. The van der Waals surface area contributed by atoms with Crippen LogP contribution in [0.15, 0.2) is 45.6 Å². The van der Waals surface area contributed by atoms with Crippen LogP contribution in [-0.2, 0) is 14.3 Å².